The molecule has 2 aromatic rings. The lowest BCUT2D eigenvalue weighted by molar-refractivity contribution is 0.102. The first-order valence-electron chi connectivity index (χ1n) is 8.05. The zero-order valence-corrected chi connectivity index (χ0v) is 13.0. The minimum absolute atomic E-state index is 0.918. The third-order valence-electron chi connectivity index (χ3n) is 4.83. The van der Waals surface area contributed by atoms with Crippen molar-refractivity contribution < 1.29 is 5.11 Å². The zero-order chi connectivity index (χ0) is 14.9. The van der Waals surface area contributed by atoms with Gasteiger partial charge in [-0.25, -0.2) is 0 Å². The Kier molecular flexibility index (Phi) is 3.86. The van der Waals surface area contributed by atoms with Crippen LogP contribution in [0.1, 0.15) is 54.5 Å². The van der Waals surface area contributed by atoms with E-state index in [0.717, 1.165) is 24.0 Å². The summed E-state index contributed by atoms with van der Waals surface area (Å²) in [6.07, 6.45) is 5.92. The topological polar surface area (TPSA) is 20.2 Å². The summed E-state index contributed by atoms with van der Waals surface area (Å²) in [5.74, 6) is 0. The fourth-order valence-corrected chi connectivity index (χ4v) is 3.27. The van der Waals surface area contributed by atoms with Crippen molar-refractivity contribution in [2.45, 2.75) is 51.6 Å². The molecule has 1 unspecified atom stereocenters. The number of benzene rings is 2. The molecule has 1 aliphatic carbocycles. The summed E-state index contributed by atoms with van der Waals surface area (Å²) in [4.78, 5) is 0. The molecule has 110 valence electrons. The molecule has 3 rings (SSSR count). The van der Waals surface area contributed by atoms with Crippen molar-refractivity contribution in [3.63, 3.8) is 0 Å². The van der Waals surface area contributed by atoms with E-state index in [0.29, 0.717) is 0 Å². The van der Waals surface area contributed by atoms with Crippen LogP contribution in [0, 0.1) is 0 Å². The van der Waals surface area contributed by atoms with Crippen molar-refractivity contribution >= 4 is 0 Å². The second-order valence-corrected chi connectivity index (χ2v) is 6.31. The Bertz CT molecular complexity index is 623. The Morgan fingerprint density at radius 2 is 1.52 bits per heavy atom. The molecule has 0 saturated carbocycles. The van der Waals surface area contributed by atoms with E-state index >= 15 is 0 Å². The third-order valence-corrected chi connectivity index (χ3v) is 4.83. The van der Waals surface area contributed by atoms with Gasteiger partial charge in [-0.3, -0.25) is 0 Å². The molecule has 1 atom stereocenters. The van der Waals surface area contributed by atoms with Crippen LogP contribution in [0.25, 0.3) is 0 Å². The molecule has 0 saturated heterocycles. The van der Waals surface area contributed by atoms with Gasteiger partial charge in [-0.05, 0) is 66.8 Å². The van der Waals surface area contributed by atoms with Crippen LogP contribution in [-0.2, 0) is 24.9 Å². The fraction of sp³-hybridized carbons (Fsp3) is 0.400. The fourth-order valence-electron chi connectivity index (χ4n) is 3.27. The van der Waals surface area contributed by atoms with Crippen molar-refractivity contribution in [1.29, 1.82) is 0 Å². The number of aliphatic hydroxyl groups is 1. The maximum Gasteiger partial charge on any atom is 0.112 e. The van der Waals surface area contributed by atoms with E-state index in [1.54, 1.807) is 0 Å². The maximum absolute atomic E-state index is 11.0. The van der Waals surface area contributed by atoms with Crippen molar-refractivity contribution in [3.05, 3.63) is 70.3 Å². The van der Waals surface area contributed by atoms with Gasteiger partial charge < -0.3 is 5.11 Å². The van der Waals surface area contributed by atoms with Gasteiger partial charge in [0.2, 0.25) is 0 Å². The van der Waals surface area contributed by atoms with Gasteiger partial charge in [0.25, 0.3) is 0 Å². The summed E-state index contributed by atoms with van der Waals surface area (Å²) in [6, 6.07) is 14.8. The first-order valence-corrected chi connectivity index (χ1v) is 8.05. The van der Waals surface area contributed by atoms with Crippen LogP contribution in [0.2, 0.25) is 0 Å². The molecule has 0 bridgehead atoms. The SMILES string of the molecule is CCc1ccc(C(C)(O)c2ccc3c(c2)CCCC3)cc1. The van der Waals surface area contributed by atoms with Crippen LogP contribution in [0.15, 0.2) is 42.5 Å². The summed E-state index contributed by atoms with van der Waals surface area (Å²) < 4.78 is 0. The average molecular weight is 280 g/mol. The van der Waals surface area contributed by atoms with Gasteiger partial charge in [-0.1, -0.05) is 49.4 Å². The van der Waals surface area contributed by atoms with Crippen LogP contribution >= 0.6 is 0 Å². The first-order chi connectivity index (χ1) is 10.1. The molecule has 0 heterocycles. The standard InChI is InChI=1S/C20H24O/c1-3-15-8-11-18(12-9-15)20(2,21)19-13-10-16-6-4-5-7-17(16)14-19/h8-14,21H,3-7H2,1-2H3. The number of hydrogen-bond acceptors (Lipinski definition) is 1. The lowest BCUT2D eigenvalue weighted by Crippen LogP contribution is -2.23. The number of rotatable bonds is 3. The molecule has 0 spiro atoms. The minimum atomic E-state index is -0.918. The lowest BCUT2D eigenvalue weighted by atomic mass is 9.83. The molecular weight excluding hydrogens is 256 g/mol. The predicted octanol–water partition coefficient (Wildman–Crippen LogP) is 4.38. The molecule has 1 aliphatic rings. The van der Waals surface area contributed by atoms with Crippen LogP contribution in [-0.4, -0.2) is 5.11 Å². The van der Waals surface area contributed by atoms with Crippen molar-refractivity contribution in [2.24, 2.45) is 0 Å². The molecule has 1 N–H and O–H groups in total. The average Bonchev–Trinajstić information content (AvgIpc) is 2.54. The van der Waals surface area contributed by atoms with Crippen LogP contribution in [0.5, 0.6) is 0 Å². The van der Waals surface area contributed by atoms with E-state index in [-0.39, 0.29) is 0 Å². The van der Waals surface area contributed by atoms with E-state index in [9.17, 15) is 5.11 Å². The highest BCUT2D eigenvalue weighted by Gasteiger charge is 2.26. The zero-order valence-electron chi connectivity index (χ0n) is 13.0. The Hall–Kier alpha value is -1.60. The van der Waals surface area contributed by atoms with E-state index in [1.165, 1.54) is 36.0 Å². The van der Waals surface area contributed by atoms with Gasteiger partial charge in [0.1, 0.15) is 5.60 Å². The molecule has 2 aromatic carbocycles. The molecule has 21 heavy (non-hydrogen) atoms. The predicted molar refractivity (Wildman–Crippen MR) is 87.6 cm³/mol. The molecule has 0 amide bonds. The maximum atomic E-state index is 11.0. The second kappa shape index (κ2) is 5.65. The van der Waals surface area contributed by atoms with Crippen LogP contribution < -0.4 is 0 Å². The quantitative estimate of drug-likeness (QED) is 0.884. The highest BCUT2D eigenvalue weighted by atomic mass is 16.3. The van der Waals surface area contributed by atoms with Crippen LogP contribution in [0.4, 0.5) is 0 Å². The first kappa shape index (κ1) is 14.3. The molecule has 0 aliphatic heterocycles. The number of fused-ring (bicyclic) bond motifs is 1. The monoisotopic (exact) mass is 280 g/mol. The molecule has 0 radical (unpaired) electrons. The van der Waals surface area contributed by atoms with Gasteiger partial charge >= 0.3 is 0 Å². The lowest BCUT2D eigenvalue weighted by Gasteiger charge is -2.27. The Morgan fingerprint density at radius 1 is 0.905 bits per heavy atom. The molecular formula is C20H24O. The smallest absolute Gasteiger partial charge is 0.112 e. The Morgan fingerprint density at radius 3 is 2.19 bits per heavy atom. The van der Waals surface area contributed by atoms with Gasteiger partial charge in [-0.2, -0.15) is 0 Å². The normalized spacial score (nSPS) is 17.1. The van der Waals surface area contributed by atoms with E-state index in [4.69, 9.17) is 0 Å². The van der Waals surface area contributed by atoms with Gasteiger partial charge in [0, 0.05) is 0 Å². The Labute approximate surface area is 127 Å². The van der Waals surface area contributed by atoms with Crippen molar-refractivity contribution in [2.75, 3.05) is 0 Å². The minimum Gasteiger partial charge on any atom is -0.381 e. The summed E-state index contributed by atoms with van der Waals surface area (Å²) in [5.41, 5.74) is 5.24. The molecule has 0 aromatic heterocycles. The summed E-state index contributed by atoms with van der Waals surface area (Å²) in [7, 11) is 0. The number of aryl methyl sites for hydroxylation is 3. The summed E-state index contributed by atoms with van der Waals surface area (Å²) in [6.45, 7) is 4.05. The van der Waals surface area contributed by atoms with E-state index in [2.05, 4.69) is 49.4 Å². The number of hydrogen-bond donors (Lipinski definition) is 1. The summed E-state index contributed by atoms with van der Waals surface area (Å²) >= 11 is 0. The second-order valence-electron chi connectivity index (χ2n) is 6.31. The summed E-state index contributed by atoms with van der Waals surface area (Å²) in [5, 5.41) is 11.0. The van der Waals surface area contributed by atoms with Gasteiger partial charge in [-0.15, -0.1) is 0 Å². The highest BCUT2D eigenvalue weighted by Crippen LogP contribution is 2.32. The van der Waals surface area contributed by atoms with Gasteiger partial charge in [0.05, 0.1) is 0 Å². The van der Waals surface area contributed by atoms with E-state index < -0.39 is 5.60 Å². The van der Waals surface area contributed by atoms with Crippen molar-refractivity contribution in [1.82, 2.24) is 0 Å². The van der Waals surface area contributed by atoms with E-state index in [1.807, 2.05) is 6.92 Å². The molecule has 1 heteroatoms. The Balaban J connectivity index is 1.96. The molecule has 1 nitrogen and oxygen atoms in total. The third kappa shape index (κ3) is 2.75. The van der Waals surface area contributed by atoms with Crippen molar-refractivity contribution in [3.8, 4) is 0 Å². The van der Waals surface area contributed by atoms with Gasteiger partial charge in [0.15, 0.2) is 0 Å². The largest absolute Gasteiger partial charge is 0.381 e. The molecule has 0 fully saturated rings. The van der Waals surface area contributed by atoms with Crippen LogP contribution in [0.3, 0.4) is 0 Å². The highest BCUT2D eigenvalue weighted by molar-refractivity contribution is 5.41.